The van der Waals surface area contributed by atoms with Gasteiger partial charge in [0.05, 0.1) is 23.3 Å². The molecule has 1 aliphatic heterocycles. The Morgan fingerprint density at radius 3 is 2.24 bits per heavy atom. The van der Waals surface area contributed by atoms with Crippen molar-refractivity contribution in [3.8, 4) is 10.6 Å². The smallest absolute Gasteiger partial charge is 0.337 e. The van der Waals surface area contributed by atoms with E-state index in [0.29, 0.717) is 10.6 Å². The van der Waals surface area contributed by atoms with E-state index in [1.807, 2.05) is 12.1 Å². The first-order valence-electron chi connectivity index (χ1n) is 10.2. The SMILES string of the molecule is COC(=O)c1ccc(S(=O)(=O)N2CCN(C(=O)c3sc(-c4ccncc4)nc3C)CC2)cc1. The summed E-state index contributed by atoms with van der Waals surface area (Å²) in [6.07, 6.45) is 3.35. The first-order chi connectivity index (χ1) is 15.8. The van der Waals surface area contributed by atoms with Crippen LogP contribution < -0.4 is 0 Å². The molecule has 0 bridgehead atoms. The average Bonchev–Trinajstić information content (AvgIpc) is 3.25. The van der Waals surface area contributed by atoms with Gasteiger partial charge in [0.15, 0.2) is 0 Å². The van der Waals surface area contributed by atoms with E-state index in [0.717, 1.165) is 10.6 Å². The molecule has 9 nitrogen and oxygen atoms in total. The van der Waals surface area contributed by atoms with Crippen molar-refractivity contribution in [2.24, 2.45) is 0 Å². The van der Waals surface area contributed by atoms with Gasteiger partial charge in [-0.05, 0) is 43.3 Å². The van der Waals surface area contributed by atoms with Gasteiger partial charge in [-0.1, -0.05) is 0 Å². The van der Waals surface area contributed by atoms with Crippen LogP contribution in [-0.2, 0) is 14.8 Å². The van der Waals surface area contributed by atoms with Crippen molar-refractivity contribution in [3.63, 3.8) is 0 Å². The van der Waals surface area contributed by atoms with Crippen LogP contribution in [-0.4, -0.2) is 72.8 Å². The molecule has 1 amide bonds. The third-order valence-electron chi connectivity index (χ3n) is 5.36. The van der Waals surface area contributed by atoms with Gasteiger partial charge in [0.25, 0.3) is 5.91 Å². The monoisotopic (exact) mass is 486 g/mol. The number of esters is 1. The van der Waals surface area contributed by atoms with Crippen LogP contribution in [0.25, 0.3) is 10.6 Å². The lowest BCUT2D eigenvalue weighted by Gasteiger charge is -2.33. The van der Waals surface area contributed by atoms with Crippen molar-refractivity contribution in [3.05, 3.63) is 64.9 Å². The van der Waals surface area contributed by atoms with Gasteiger partial charge in [-0.25, -0.2) is 18.2 Å². The number of hydrogen-bond acceptors (Lipinski definition) is 8. The van der Waals surface area contributed by atoms with Gasteiger partial charge < -0.3 is 9.64 Å². The topological polar surface area (TPSA) is 110 Å². The number of aryl methyl sites for hydroxylation is 1. The quantitative estimate of drug-likeness (QED) is 0.510. The zero-order chi connectivity index (χ0) is 23.6. The van der Waals surface area contributed by atoms with Gasteiger partial charge in [-0.2, -0.15) is 4.31 Å². The maximum absolute atomic E-state index is 13.1. The predicted molar refractivity (Wildman–Crippen MR) is 123 cm³/mol. The number of ether oxygens (including phenoxy) is 1. The molecule has 11 heteroatoms. The third kappa shape index (κ3) is 4.65. The second kappa shape index (κ2) is 9.38. The van der Waals surface area contributed by atoms with E-state index in [9.17, 15) is 18.0 Å². The highest BCUT2D eigenvalue weighted by Crippen LogP contribution is 2.29. The van der Waals surface area contributed by atoms with Crippen molar-refractivity contribution in [2.45, 2.75) is 11.8 Å². The summed E-state index contributed by atoms with van der Waals surface area (Å²) in [7, 11) is -2.47. The van der Waals surface area contributed by atoms with E-state index in [4.69, 9.17) is 0 Å². The molecule has 0 spiro atoms. The molecule has 1 aromatic carbocycles. The van der Waals surface area contributed by atoms with Crippen molar-refractivity contribution >= 4 is 33.2 Å². The molecule has 1 fully saturated rings. The fraction of sp³-hybridized carbons (Fsp3) is 0.273. The van der Waals surface area contributed by atoms with Crippen LogP contribution in [0.5, 0.6) is 0 Å². The van der Waals surface area contributed by atoms with E-state index in [1.165, 1.54) is 47.0 Å². The molecule has 0 atom stereocenters. The summed E-state index contributed by atoms with van der Waals surface area (Å²) in [4.78, 5) is 35.5. The highest BCUT2D eigenvalue weighted by Gasteiger charge is 2.31. The van der Waals surface area contributed by atoms with E-state index >= 15 is 0 Å². The molecule has 1 saturated heterocycles. The minimum atomic E-state index is -3.74. The number of pyridine rings is 1. The molecule has 2 aromatic heterocycles. The van der Waals surface area contributed by atoms with Crippen LogP contribution >= 0.6 is 11.3 Å². The van der Waals surface area contributed by atoms with Crippen LogP contribution in [0.4, 0.5) is 0 Å². The number of hydrogen-bond donors (Lipinski definition) is 0. The molecule has 1 aliphatic rings. The van der Waals surface area contributed by atoms with E-state index in [-0.39, 0.29) is 42.5 Å². The predicted octanol–water partition coefficient (Wildman–Crippen LogP) is 2.45. The molecule has 3 aromatic rings. The number of nitrogens with zero attached hydrogens (tertiary/aromatic N) is 4. The van der Waals surface area contributed by atoms with Crippen LogP contribution in [0, 0.1) is 6.92 Å². The Hall–Kier alpha value is -3.15. The number of methoxy groups -OCH3 is 1. The Balaban J connectivity index is 1.44. The zero-order valence-electron chi connectivity index (χ0n) is 18.1. The minimum Gasteiger partial charge on any atom is -0.465 e. The van der Waals surface area contributed by atoms with Crippen molar-refractivity contribution < 1.29 is 22.7 Å². The molecule has 4 rings (SSSR count). The maximum Gasteiger partial charge on any atom is 0.337 e. The average molecular weight is 487 g/mol. The number of thiazole rings is 1. The van der Waals surface area contributed by atoms with E-state index in [2.05, 4.69) is 14.7 Å². The summed E-state index contributed by atoms with van der Waals surface area (Å²) in [5.74, 6) is -0.679. The molecule has 0 unspecified atom stereocenters. The molecule has 0 N–H and O–H groups in total. The zero-order valence-corrected chi connectivity index (χ0v) is 19.7. The molecule has 0 saturated carbocycles. The first-order valence-corrected chi connectivity index (χ1v) is 12.4. The van der Waals surface area contributed by atoms with Gasteiger partial charge >= 0.3 is 5.97 Å². The number of carbonyl (C=O) groups is 2. The highest BCUT2D eigenvalue weighted by atomic mass is 32.2. The van der Waals surface area contributed by atoms with Crippen molar-refractivity contribution in [1.82, 2.24) is 19.2 Å². The maximum atomic E-state index is 13.1. The number of sulfonamides is 1. The van der Waals surface area contributed by atoms with Crippen LogP contribution in [0.3, 0.4) is 0 Å². The van der Waals surface area contributed by atoms with Crippen LogP contribution in [0.2, 0.25) is 0 Å². The minimum absolute atomic E-state index is 0.0928. The summed E-state index contributed by atoms with van der Waals surface area (Å²) in [5.41, 5.74) is 1.82. The molecule has 0 radical (unpaired) electrons. The van der Waals surface area contributed by atoms with Crippen LogP contribution in [0.1, 0.15) is 25.7 Å². The fourth-order valence-corrected chi connectivity index (χ4v) is 5.98. The standard InChI is InChI=1S/C22H22N4O5S2/c1-15-19(32-20(24-15)16-7-9-23-10-8-16)21(27)25-11-13-26(14-12-25)33(29,30)18-5-3-17(4-6-18)22(28)31-2/h3-10H,11-14H2,1-2H3. The molecule has 3 heterocycles. The Kier molecular flexibility index (Phi) is 6.54. The molecule has 33 heavy (non-hydrogen) atoms. The lowest BCUT2D eigenvalue weighted by atomic mass is 10.2. The largest absolute Gasteiger partial charge is 0.465 e. The number of piperazine rings is 1. The molecular formula is C22H22N4O5S2. The van der Waals surface area contributed by atoms with Gasteiger partial charge in [0, 0.05) is 44.1 Å². The first kappa shape index (κ1) is 23.0. The second-order valence-corrected chi connectivity index (χ2v) is 10.3. The Bertz CT molecular complexity index is 1270. The van der Waals surface area contributed by atoms with Gasteiger partial charge in [-0.3, -0.25) is 9.78 Å². The number of amides is 1. The number of carbonyl (C=O) groups excluding carboxylic acids is 2. The van der Waals surface area contributed by atoms with Gasteiger partial charge in [0.1, 0.15) is 9.88 Å². The molecule has 172 valence electrons. The Labute approximate surface area is 195 Å². The van der Waals surface area contributed by atoms with Crippen LogP contribution in [0.15, 0.2) is 53.7 Å². The Morgan fingerprint density at radius 1 is 1.00 bits per heavy atom. The fourth-order valence-electron chi connectivity index (χ4n) is 3.52. The number of benzene rings is 1. The summed E-state index contributed by atoms with van der Waals surface area (Å²) in [5, 5.41) is 0.745. The van der Waals surface area contributed by atoms with E-state index < -0.39 is 16.0 Å². The van der Waals surface area contributed by atoms with Crippen molar-refractivity contribution in [1.29, 1.82) is 0 Å². The van der Waals surface area contributed by atoms with E-state index in [1.54, 1.807) is 24.2 Å². The lowest BCUT2D eigenvalue weighted by Crippen LogP contribution is -2.50. The second-order valence-electron chi connectivity index (χ2n) is 7.38. The summed E-state index contributed by atoms with van der Waals surface area (Å²) >= 11 is 1.32. The van der Waals surface area contributed by atoms with Gasteiger partial charge in [0.2, 0.25) is 10.0 Å². The van der Waals surface area contributed by atoms with Crippen molar-refractivity contribution in [2.75, 3.05) is 33.3 Å². The Morgan fingerprint density at radius 2 is 1.64 bits per heavy atom. The third-order valence-corrected chi connectivity index (χ3v) is 8.46. The van der Waals surface area contributed by atoms with Gasteiger partial charge in [-0.15, -0.1) is 11.3 Å². The summed E-state index contributed by atoms with van der Waals surface area (Å²) in [6.45, 7) is 2.72. The highest BCUT2D eigenvalue weighted by molar-refractivity contribution is 7.89. The number of rotatable bonds is 5. The summed E-state index contributed by atoms with van der Waals surface area (Å²) < 4.78 is 32.0. The lowest BCUT2D eigenvalue weighted by molar-refractivity contribution is 0.0600. The molecule has 0 aliphatic carbocycles. The number of aromatic nitrogens is 2. The summed E-state index contributed by atoms with van der Waals surface area (Å²) in [6, 6.07) is 9.31. The normalized spacial score (nSPS) is 14.8. The molecular weight excluding hydrogens is 464 g/mol.